The van der Waals surface area contributed by atoms with Crippen molar-refractivity contribution in [3.05, 3.63) is 92.1 Å². The Bertz CT molecular complexity index is 1060. The van der Waals surface area contributed by atoms with Crippen molar-refractivity contribution in [3.63, 3.8) is 0 Å². The summed E-state index contributed by atoms with van der Waals surface area (Å²) in [6, 6.07) is 21.1. The number of aryl methyl sites for hydroxylation is 1. The molecule has 1 unspecified atom stereocenters. The van der Waals surface area contributed by atoms with Gasteiger partial charge in [0.15, 0.2) is 5.78 Å². The van der Waals surface area contributed by atoms with Crippen LogP contribution < -0.4 is 0 Å². The third kappa shape index (κ3) is 3.47. The van der Waals surface area contributed by atoms with Crippen LogP contribution in [0.25, 0.3) is 10.8 Å². The number of carbonyl (C=O) groups is 1. The number of hydrogen-bond donors (Lipinski definition) is 0. The van der Waals surface area contributed by atoms with Gasteiger partial charge in [-0.2, -0.15) is 0 Å². The molecule has 2 heteroatoms. The summed E-state index contributed by atoms with van der Waals surface area (Å²) in [4.78, 5) is 12.7. The number of rotatable bonds is 4. The molecule has 0 aliphatic heterocycles. The smallest absolute Gasteiger partial charge is 0.190 e. The van der Waals surface area contributed by atoms with E-state index in [-0.39, 0.29) is 5.78 Å². The fourth-order valence-corrected chi connectivity index (χ4v) is 4.99. The number of carbonyl (C=O) groups excluding carboxylic acids is 1. The van der Waals surface area contributed by atoms with E-state index in [1.54, 1.807) is 0 Å². The van der Waals surface area contributed by atoms with E-state index in [1.165, 1.54) is 31.0 Å². The minimum Gasteiger partial charge on any atom is -0.289 e. The second-order valence-corrected chi connectivity index (χ2v) is 8.81. The summed E-state index contributed by atoms with van der Waals surface area (Å²) in [5, 5.41) is 2.66. The molecule has 0 N–H and O–H groups in total. The first kappa shape index (κ1) is 18.4. The molecule has 1 aliphatic rings. The van der Waals surface area contributed by atoms with Crippen molar-refractivity contribution < 1.29 is 4.79 Å². The highest BCUT2D eigenvalue weighted by atomic mass is 127. The average Bonchev–Trinajstić information content (AvgIpc) is 3.03. The van der Waals surface area contributed by atoms with E-state index in [9.17, 15) is 4.79 Å². The van der Waals surface area contributed by atoms with Crippen LogP contribution in [-0.2, 0) is 6.42 Å². The maximum Gasteiger partial charge on any atom is 0.190 e. The van der Waals surface area contributed by atoms with Gasteiger partial charge in [-0.15, -0.1) is 0 Å². The van der Waals surface area contributed by atoms with Gasteiger partial charge in [0.1, 0.15) is 0 Å². The molecule has 4 rings (SSSR count). The van der Waals surface area contributed by atoms with Crippen LogP contribution in [0.4, 0.5) is 0 Å². The summed E-state index contributed by atoms with van der Waals surface area (Å²) in [5.74, 6) is 0.685. The largest absolute Gasteiger partial charge is 0.289 e. The molecule has 0 amide bonds. The molecule has 0 radical (unpaired) electrons. The number of allylic oxidation sites excluding steroid dienone is 2. The predicted octanol–water partition coefficient (Wildman–Crippen LogP) is 7.16. The van der Waals surface area contributed by atoms with Gasteiger partial charge >= 0.3 is 0 Å². The van der Waals surface area contributed by atoms with Crippen LogP contribution in [0.1, 0.15) is 52.7 Å². The van der Waals surface area contributed by atoms with Crippen molar-refractivity contribution in [2.24, 2.45) is 0 Å². The molecule has 0 aromatic heterocycles. The lowest BCUT2D eigenvalue weighted by atomic mass is 9.88. The molecule has 0 heterocycles. The third-order valence-electron chi connectivity index (χ3n) is 5.71. The molecule has 3 aromatic carbocycles. The highest BCUT2D eigenvalue weighted by molar-refractivity contribution is 14.1. The molecule has 1 nitrogen and oxygen atoms in total. The quantitative estimate of drug-likeness (QED) is 0.295. The summed E-state index contributed by atoms with van der Waals surface area (Å²) in [6.07, 6.45) is 2.80. The van der Waals surface area contributed by atoms with E-state index in [4.69, 9.17) is 0 Å². The fourth-order valence-electron chi connectivity index (χ4n) is 4.25. The molecule has 0 fully saturated rings. The Morgan fingerprint density at radius 3 is 2.59 bits per heavy atom. The maximum atomic E-state index is 12.7. The van der Waals surface area contributed by atoms with Crippen LogP contribution in [0.2, 0.25) is 0 Å². The zero-order chi connectivity index (χ0) is 19.0. The van der Waals surface area contributed by atoms with Gasteiger partial charge < -0.3 is 0 Å². The molecule has 0 spiro atoms. The zero-order valence-corrected chi connectivity index (χ0v) is 17.9. The number of benzene rings is 3. The molecule has 136 valence electrons. The Morgan fingerprint density at radius 1 is 1.04 bits per heavy atom. The number of hydrogen-bond acceptors (Lipinski definition) is 1. The van der Waals surface area contributed by atoms with Crippen molar-refractivity contribution >= 4 is 39.1 Å². The Hall–Kier alpha value is -1.94. The first-order chi connectivity index (χ1) is 13.1. The Kier molecular flexibility index (Phi) is 5.18. The van der Waals surface area contributed by atoms with Crippen LogP contribution in [0.15, 0.2) is 69.8 Å². The van der Waals surface area contributed by atoms with Gasteiger partial charge in [0.05, 0.1) is 0 Å². The van der Waals surface area contributed by atoms with Crippen LogP contribution in [-0.4, -0.2) is 5.78 Å². The van der Waals surface area contributed by atoms with E-state index in [0.29, 0.717) is 5.92 Å². The van der Waals surface area contributed by atoms with Crippen molar-refractivity contribution in [2.45, 2.75) is 39.0 Å². The summed E-state index contributed by atoms with van der Waals surface area (Å²) >= 11 is 2.40. The minimum atomic E-state index is 0.226. The van der Waals surface area contributed by atoms with Gasteiger partial charge in [0.2, 0.25) is 0 Å². The van der Waals surface area contributed by atoms with Crippen molar-refractivity contribution in [1.29, 1.82) is 0 Å². The van der Waals surface area contributed by atoms with E-state index in [1.807, 2.05) is 18.2 Å². The lowest BCUT2D eigenvalue weighted by molar-refractivity contribution is 0.103. The van der Waals surface area contributed by atoms with E-state index >= 15 is 0 Å². The minimum absolute atomic E-state index is 0.226. The van der Waals surface area contributed by atoms with Gasteiger partial charge in [-0.05, 0) is 79.3 Å². The summed E-state index contributed by atoms with van der Waals surface area (Å²) in [5.41, 5.74) is 5.86. The van der Waals surface area contributed by atoms with Gasteiger partial charge in [0.25, 0.3) is 0 Å². The average molecular weight is 466 g/mol. The predicted molar refractivity (Wildman–Crippen MR) is 122 cm³/mol. The summed E-state index contributed by atoms with van der Waals surface area (Å²) < 4.78 is 1.22. The lowest BCUT2D eigenvalue weighted by Gasteiger charge is -2.18. The zero-order valence-electron chi connectivity index (χ0n) is 15.8. The van der Waals surface area contributed by atoms with E-state index in [0.717, 1.165) is 30.4 Å². The number of halogens is 1. The van der Waals surface area contributed by atoms with Crippen LogP contribution in [0.5, 0.6) is 0 Å². The SMILES string of the molecule is Cc1ccc2ccccc2c1C(C)CC/C(I)=C1\Cc2ccccc2C1=O. The fraction of sp³-hybridized carbons (Fsp3) is 0.240. The van der Waals surface area contributed by atoms with Crippen LogP contribution in [0, 0.1) is 6.92 Å². The summed E-state index contributed by atoms with van der Waals surface area (Å²) in [7, 11) is 0. The molecular formula is C25H23IO. The number of fused-ring (bicyclic) bond motifs is 2. The third-order valence-corrected chi connectivity index (χ3v) is 6.90. The molecule has 1 aliphatic carbocycles. The Morgan fingerprint density at radius 2 is 1.78 bits per heavy atom. The van der Waals surface area contributed by atoms with Crippen LogP contribution in [0.3, 0.4) is 0 Å². The topological polar surface area (TPSA) is 17.1 Å². The second kappa shape index (κ2) is 7.59. The molecule has 0 saturated heterocycles. The monoisotopic (exact) mass is 466 g/mol. The van der Waals surface area contributed by atoms with E-state index in [2.05, 4.69) is 78.9 Å². The summed E-state index contributed by atoms with van der Waals surface area (Å²) in [6.45, 7) is 4.52. The maximum absolute atomic E-state index is 12.7. The number of Topliss-reactive ketones (excluding diaryl/α,β-unsaturated/α-hetero) is 1. The van der Waals surface area contributed by atoms with Gasteiger partial charge in [-0.3, -0.25) is 4.79 Å². The highest BCUT2D eigenvalue weighted by Gasteiger charge is 2.26. The molecule has 0 saturated carbocycles. The van der Waals surface area contributed by atoms with Gasteiger partial charge in [-0.1, -0.05) is 67.6 Å². The Labute approximate surface area is 174 Å². The molecule has 1 atom stereocenters. The molecule has 27 heavy (non-hydrogen) atoms. The molecular weight excluding hydrogens is 443 g/mol. The first-order valence-corrected chi connectivity index (χ1v) is 10.6. The number of ketones is 1. The van der Waals surface area contributed by atoms with E-state index < -0.39 is 0 Å². The van der Waals surface area contributed by atoms with Crippen molar-refractivity contribution in [1.82, 2.24) is 0 Å². The first-order valence-electron chi connectivity index (χ1n) is 9.54. The normalized spacial score (nSPS) is 16.5. The molecule has 0 bridgehead atoms. The van der Waals surface area contributed by atoms with Crippen molar-refractivity contribution in [3.8, 4) is 0 Å². The van der Waals surface area contributed by atoms with Gasteiger partial charge in [-0.25, -0.2) is 0 Å². The Balaban J connectivity index is 1.56. The second-order valence-electron chi connectivity index (χ2n) is 7.50. The standard InChI is InChI=1S/C25H23IO/c1-16-11-13-18-7-3-5-9-20(18)24(16)17(2)12-14-23(26)22-15-19-8-4-6-10-21(19)25(22)27/h3-11,13,17H,12,14-15H2,1-2H3/b23-22-. The van der Waals surface area contributed by atoms with Crippen molar-refractivity contribution in [2.75, 3.05) is 0 Å². The van der Waals surface area contributed by atoms with Crippen LogP contribution >= 0.6 is 22.6 Å². The van der Waals surface area contributed by atoms with Gasteiger partial charge in [0, 0.05) is 17.6 Å². The highest BCUT2D eigenvalue weighted by Crippen LogP contribution is 2.36. The lowest BCUT2D eigenvalue weighted by Crippen LogP contribution is -2.01. The molecule has 3 aromatic rings.